The first-order chi connectivity index (χ1) is 7.13. The van der Waals surface area contributed by atoms with E-state index in [1.165, 1.54) is 0 Å². The summed E-state index contributed by atoms with van der Waals surface area (Å²) in [7, 11) is 1.70. The van der Waals surface area contributed by atoms with Crippen LogP contribution in [0.3, 0.4) is 0 Å². The van der Waals surface area contributed by atoms with Crippen molar-refractivity contribution < 1.29 is 15.3 Å². The maximum absolute atomic E-state index is 9.08. The van der Waals surface area contributed by atoms with Gasteiger partial charge in [0, 0.05) is 0 Å². The SMILES string of the molecule is CNC(CCc1ccc(O)cc1)C(O)O. The summed E-state index contributed by atoms with van der Waals surface area (Å²) in [6.45, 7) is 0. The minimum atomic E-state index is -1.34. The Kier molecular flexibility index (Phi) is 4.55. The second-order valence-corrected chi connectivity index (χ2v) is 3.51. The summed E-state index contributed by atoms with van der Waals surface area (Å²) in [5.41, 5.74) is 1.06. The number of hydrogen-bond acceptors (Lipinski definition) is 4. The molecule has 15 heavy (non-hydrogen) atoms. The van der Waals surface area contributed by atoms with Crippen molar-refractivity contribution >= 4 is 0 Å². The van der Waals surface area contributed by atoms with Gasteiger partial charge in [0.1, 0.15) is 5.75 Å². The molecule has 0 fully saturated rings. The van der Waals surface area contributed by atoms with E-state index in [0.717, 1.165) is 12.0 Å². The summed E-state index contributed by atoms with van der Waals surface area (Å²) in [6.07, 6.45) is 0.0367. The Morgan fingerprint density at radius 2 is 1.80 bits per heavy atom. The number of aliphatic hydroxyl groups is 2. The van der Waals surface area contributed by atoms with Crippen molar-refractivity contribution in [1.82, 2.24) is 5.32 Å². The number of aliphatic hydroxyl groups excluding tert-OH is 1. The summed E-state index contributed by atoms with van der Waals surface area (Å²) in [5.74, 6) is 0.242. The van der Waals surface area contributed by atoms with E-state index in [1.807, 2.05) is 12.1 Å². The van der Waals surface area contributed by atoms with Gasteiger partial charge in [-0.25, -0.2) is 0 Å². The lowest BCUT2D eigenvalue weighted by molar-refractivity contribution is -0.0668. The van der Waals surface area contributed by atoms with Crippen molar-refractivity contribution in [3.05, 3.63) is 29.8 Å². The number of phenolic OH excluding ortho intramolecular Hbond substituents is 1. The summed E-state index contributed by atoms with van der Waals surface area (Å²) in [4.78, 5) is 0. The van der Waals surface area contributed by atoms with E-state index in [2.05, 4.69) is 5.32 Å². The van der Waals surface area contributed by atoms with Crippen LogP contribution in [0.25, 0.3) is 0 Å². The van der Waals surface area contributed by atoms with Crippen molar-refractivity contribution in [2.75, 3.05) is 7.05 Å². The Bertz CT molecular complexity index is 284. The van der Waals surface area contributed by atoms with Gasteiger partial charge in [0.2, 0.25) is 0 Å². The highest BCUT2D eigenvalue weighted by Gasteiger charge is 2.13. The Labute approximate surface area is 89.2 Å². The van der Waals surface area contributed by atoms with Crippen LogP contribution in [0, 0.1) is 0 Å². The highest BCUT2D eigenvalue weighted by Crippen LogP contribution is 2.12. The number of nitrogens with one attached hydrogen (secondary N) is 1. The number of rotatable bonds is 5. The predicted octanol–water partition coefficient (Wildman–Crippen LogP) is 0.223. The van der Waals surface area contributed by atoms with Gasteiger partial charge in [-0.2, -0.15) is 0 Å². The van der Waals surface area contributed by atoms with Crippen LogP contribution in [-0.4, -0.2) is 34.7 Å². The molecular weight excluding hydrogens is 194 g/mol. The highest BCUT2D eigenvalue weighted by atomic mass is 16.5. The molecule has 0 heterocycles. The number of likely N-dealkylation sites (N-methyl/N-ethyl adjacent to an activating group) is 1. The van der Waals surface area contributed by atoms with Gasteiger partial charge in [0.05, 0.1) is 6.04 Å². The van der Waals surface area contributed by atoms with Gasteiger partial charge in [-0.1, -0.05) is 12.1 Å². The standard InChI is InChI=1S/C11H17NO3/c1-12-10(11(14)15)7-4-8-2-5-9(13)6-3-8/h2-3,5-6,10-15H,4,7H2,1H3. The van der Waals surface area contributed by atoms with Gasteiger partial charge in [-0.3, -0.25) is 0 Å². The monoisotopic (exact) mass is 211 g/mol. The number of phenols is 1. The molecule has 0 aliphatic rings. The molecule has 0 aliphatic carbocycles. The van der Waals surface area contributed by atoms with E-state index in [9.17, 15) is 0 Å². The molecule has 0 amide bonds. The topological polar surface area (TPSA) is 72.7 Å². The zero-order valence-corrected chi connectivity index (χ0v) is 8.72. The van der Waals surface area contributed by atoms with Crippen LogP contribution in [0.2, 0.25) is 0 Å². The summed E-state index contributed by atoms with van der Waals surface area (Å²) >= 11 is 0. The molecule has 1 aromatic carbocycles. The van der Waals surface area contributed by atoms with Gasteiger partial charge in [0.15, 0.2) is 6.29 Å². The van der Waals surface area contributed by atoms with E-state index >= 15 is 0 Å². The minimum Gasteiger partial charge on any atom is -0.508 e. The van der Waals surface area contributed by atoms with Gasteiger partial charge in [-0.05, 0) is 37.6 Å². The minimum absolute atomic E-state index is 0.242. The maximum atomic E-state index is 9.08. The van der Waals surface area contributed by atoms with Gasteiger partial charge >= 0.3 is 0 Å². The third-order valence-electron chi connectivity index (χ3n) is 2.41. The molecule has 0 aromatic heterocycles. The van der Waals surface area contributed by atoms with Crippen LogP contribution >= 0.6 is 0 Å². The Balaban J connectivity index is 2.45. The first-order valence-corrected chi connectivity index (χ1v) is 4.95. The third kappa shape index (κ3) is 3.87. The largest absolute Gasteiger partial charge is 0.508 e. The molecule has 0 bridgehead atoms. The fraction of sp³-hybridized carbons (Fsp3) is 0.455. The van der Waals surface area contributed by atoms with Crippen LogP contribution in [0.1, 0.15) is 12.0 Å². The van der Waals surface area contributed by atoms with E-state index in [4.69, 9.17) is 15.3 Å². The van der Waals surface area contributed by atoms with Crippen molar-refractivity contribution in [1.29, 1.82) is 0 Å². The summed E-state index contributed by atoms with van der Waals surface area (Å²) < 4.78 is 0. The molecule has 0 saturated carbocycles. The lowest BCUT2D eigenvalue weighted by Gasteiger charge is -2.17. The van der Waals surface area contributed by atoms with Crippen LogP contribution in [0.4, 0.5) is 0 Å². The Hall–Kier alpha value is -1.10. The van der Waals surface area contributed by atoms with Crippen LogP contribution < -0.4 is 5.32 Å². The molecular formula is C11H17NO3. The third-order valence-corrected chi connectivity index (χ3v) is 2.41. The van der Waals surface area contributed by atoms with Gasteiger partial charge in [-0.15, -0.1) is 0 Å². The molecule has 1 unspecified atom stereocenters. The molecule has 1 atom stereocenters. The van der Waals surface area contributed by atoms with Crippen molar-refractivity contribution in [2.45, 2.75) is 25.2 Å². The highest BCUT2D eigenvalue weighted by molar-refractivity contribution is 5.25. The quantitative estimate of drug-likeness (QED) is 0.526. The first kappa shape index (κ1) is 12.0. The van der Waals surface area contributed by atoms with E-state index < -0.39 is 6.29 Å². The zero-order chi connectivity index (χ0) is 11.3. The van der Waals surface area contributed by atoms with Crippen LogP contribution in [-0.2, 0) is 6.42 Å². The number of hydrogen-bond donors (Lipinski definition) is 4. The van der Waals surface area contributed by atoms with Crippen molar-refractivity contribution in [3.8, 4) is 5.75 Å². The second-order valence-electron chi connectivity index (χ2n) is 3.51. The zero-order valence-electron chi connectivity index (χ0n) is 8.72. The normalized spacial score (nSPS) is 13.1. The van der Waals surface area contributed by atoms with E-state index in [0.29, 0.717) is 6.42 Å². The second kappa shape index (κ2) is 5.70. The summed E-state index contributed by atoms with van der Waals surface area (Å²) in [6, 6.07) is 6.58. The van der Waals surface area contributed by atoms with Crippen LogP contribution in [0.15, 0.2) is 24.3 Å². The van der Waals surface area contributed by atoms with Crippen molar-refractivity contribution in [3.63, 3.8) is 0 Å². The molecule has 1 rings (SSSR count). The van der Waals surface area contributed by atoms with Crippen LogP contribution in [0.5, 0.6) is 5.75 Å². The Morgan fingerprint density at radius 3 is 2.27 bits per heavy atom. The molecule has 0 aliphatic heterocycles. The molecule has 0 spiro atoms. The van der Waals surface area contributed by atoms with E-state index in [-0.39, 0.29) is 11.8 Å². The molecule has 84 valence electrons. The maximum Gasteiger partial charge on any atom is 0.167 e. The Morgan fingerprint density at radius 1 is 1.20 bits per heavy atom. The van der Waals surface area contributed by atoms with Crippen molar-refractivity contribution in [2.24, 2.45) is 0 Å². The lowest BCUT2D eigenvalue weighted by atomic mass is 10.0. The molecule has 4 heteroatoms. The van der Waals surface area contributed by atoms with E-state index in [1.54, 1.807) is 19.2 Å². The molecule has 0 saturated heterocycles. The molecule has 4 nitrogen and oxygen atoms in total. The average molecular weight is 211 g/mol. The number of aromatic hydroxyl groups is 1. The molecule has 0 radical (unpaired) electrons. The smallest absolute Gasteiger partial charge is 0.167 e. The lowest BCUT2D eigenvalue weighted by Crippen LogP contribution is -2.37. The fourth-order valence-corrected chi connectivity index (χ4v) is 1.43. The number of benzene rings is 1. The summed E-state index contributed by atoms with van der Waals surface area (Å²) in [5, 5.41) is 29.9. The molecule has 4 N–H and O–H groups in total. The van der Waals surface area contributed by atoms with Gasteiger partial charge in [0.25, 0.3) is 0 Å². The molecule has 1 aromatic rings. The number of aryl methyl sites for hydroxylation is 1. The predicted molar refractivity (Wildman–Crippen MR) is 57.5 cm³/mol. The fourth-order valence-electron chi connectivity index (χ4n) is 1.43. The first-order valence-electron chi connectivity index (χ1n) is 4.95. The van der Waals surface area contributed by atoms with Gasteiger partial charge < -0.3 is 20.6 Å². The average Bonchev–Trinajstić information content (AvgIpc) is 2.21.